The van der Waals surface area contributed by atoms with Crippen LogP contribution < -0.4 is 5.32 Å². The molecule has 116 valence electrons. The maximum atomic E-state index is 11.9. The molecular formula is C17H26N2O2. The van der Waals surface area contributed by atoms with E-state index in [9.17, 15) is 4.79 Å². The summed E-state index contributed by atoms with van der Waals surface area (Å²) in [6.07, 6.45) is 3.19. The highest BCUT2D eigenvalue weighted by atomic mass is 16.5. The minimum Gasteiger partial charge on any atom is -0.377 e. The van der Waals surface area contributed by atoms with Gasteiger partial charge in [0, 0.05) is 32.7 Å². The molecule has 0 spiro atoms. The van der Waals surface area contributed by atoms with E-state index in [0.717, 1.165) is 38.1 Å². The van der Waals surface area contributed by atoms with E-state index >= 15 is 0 Å². The Hall–Kier alpha value is -1.39. The number of carbonyl (C=O) groups is 1. The molecule has 0 bridgehead atoms. The maximum Gasteiger partial charge on any atom is 0.221 e. The molecule has 1 aliphatic heterocycles. The van der Waals surface area contributed by atoms with Gasteiger partial charge in [0.25, 0.3) is 0 Å². The molecule has 0 radical (unpaired) electrons. The number of ether oxygens (including phenoxy) is 1. The van der Waals surface area contributed by atoms with Gasteiger partial charge in [-0.05, 0) is 32.4 Å². The molecule has 0 aliphatic carbocycles. The van der Waals surface area contributed by atoms with E-state index in [1.54, 1.807) is 0 Å². The summed E-state index contributed by atoms with van der Waals surface area (Å²) in [4.78, 5) is 14.0. The van der Waals surface area contributed by atoms with Gasteiger partial charge in [-0.15, -0.1) is 0 Å². The smallest absolute Gasteiger partial charge is 0.221 e. The van der Waals surface area contributed by atoms with Crippen molar-refractivity contribution in [3.8, 4) is 0 Å². The number of amides is 1. The second-order valence-electron chi connectivity index (χ2n) is 5.91. The lowest BCUT2D eigenvalue weighted by Crippen LogP contribution is -2.33. The fourth-order valence-electron chi connectivity index (χ4n) is 2.51. The first-order chi connectivity index (χ1) is 10.1. The van der Waals surface area contributed by atoms with Crippen molar-refractivity contribution in [3.63, 3.8) is 0 Å². The van der Waals surface area contributed by atoms with Crippen LogP contribution in [-0.4, -0.2) is 43.7 Å². The minimum atomic E-state index is 0.106. The van der Waals surface area contributed by atoms with Crippen molar-refractivity contribution in [1.82, 2.24) is 10.2 Å². The summed E-state index contributed by atoms with van der Waals surface area (Å²) in [5.41, 5.74) is 2.38. The van der Waals surface area contributed by atoms with Crippen LogP contribution in [0.5, 0.6) is 0 Å². The van der Waals surface area contributed by atoms with Gasteiger partial charge < -0.3 is 15.0 Å². The second-order valence-corrected chi connectivity index (χ2v) is 5.91. The van der Waals surface area contributed by atoms with Crippen LogP contribution in [0.3, 0.4) is 0 Å². The van der Waals surface area contributed by atoms with Crippen molar-refractivity contribution in [2.75, 3.05) is 26.7 Å². The Labute approximate surface area is 127 Å². The molecule has 1 aromatic rings. The van der Waals surface area contributed by atoms with Crippen molar-refractivity contribution in [2.24, 2.45) is 0 Å². The van der Waals surface area contributed by atoms with Crippen LogP contribution in [0, 0.1) is 6.92 Å². The fraction of sp³-hybridized carbons (Fsp3) is 0.588. The molecule has 1 heterocycles. The maximum absolute atomic E-state index is 11.9. The van der Waals surface area contributed by atoms with Gasteiger partial charge in [-0.3, -0.25) is 4.79 Å². The highest BCUT2D eigenvalue weighted by Crippen LogP contribution is 2.12. The third kappa shape index (κ3) is 5.86. The standard InChI is InChI=1S/C17H26N2O2/c1-14-5-7-15(8-6-14)12-18-17(20)9-10-19(2)13-16-4-3-11-21-16/h5-8,16H,3-4,9-13H2,1-2H3,(H,18,20)/t16-/m0/s1. The van der Waals surface area contributed by atoms with Crippen LogP contribution in [0.4, 0.5) is 0 Å². The third-order valence-corrected chi connectivity index (χ3v) is 3.87. The van der Waals surface area contributed by atoms with Crippen molar-refractivity contribution < 1.29 is 9.53 Å². The molecule has 2 rings (SSSR count). The van der Waals surface area contributed by atoms with E-state index in [4.69, 9.17) is 4.74 Å². The predicted octanol–water partition coefficient (Wildman–Crippen LogP) is 2.11. The average molecular weight is 290 g/mol. The number of benzene rings is 1. The van der Waals surface area contributed by atoms with Crippen LogP contribution in [0.2, 0.25) is 0 Å². The quantitative estimate of drug-likeness (QED) is 0.836. The first-order valence-electron chi connectivity index (χ1n) is 7.76. The lowest BCUT2D eigenvalue weighted by molar-refractivity contribution is -0.121. The Kier molecular flexibility index (Phi) is 6.21. The summed E-state index contributed by atoms with van der Waals surface area (Å²) < 4.78 is 5.60. The third-order valence-electron chi connectivity index (χ3n) is 3.87. The normalized spacial score (nSPS) is 18.1. The Bertz CT molecular complexity index is 439. The molecular weight excluding hydrogens is 264 g/mol. The number of hydrogen-bond acceptors (Lipinski definition) is 3. The molecule has 1 aromatic carbocycles. The molecule has 1 amide bonds. The lowest BCUT2D eigenvalue weighted by Gasteiger charge is -2.20. The first kappa shape index (κ1) is 16.0. The SMILES string of the molecule is Cc1ccc(CNC(=O)CCN(C)C[C@@H]2CCCO2)cc1. The summed E-state index contributed by atoms with van der Waals surface area (Å²) >= 11 is 0. The van der Waals surface area contributed by atoms with Gasteiger partial charge in [0.2, 0.25) is 5.91 Å². The number of aryl methyl sites for hydroxylation is 1. The average Bonchev–Trinajstić information content (AvgIpc) is 2.97. The second kappa shape index (κ2) is 8.15. The number of rotatable bonds is 7. The molecule has 1 atom stereocenters. The van der Waals surface area contributed by atoms with Crippen LogP contribution in [-0.2, 0) is 16.1 Å². The monoisotopic (exact) mass is 290 g/mol. The zero-order valence-electron chi connectivity index (χ0n) is 13.1. The van der Waals surface area contributed by atoms with E-state index in [1.165, 1.54) is 5.56 Å². The van der Waals surface area contributed by atoms with E-state index < -0.39 is 0 Å². The molecule has 21 heavy (non-hydrogen) atoms. The summed E-state index contributed by atoms with van der Waals surface area (Å²) in [5.74, 6) is 0.106. The Morgan fingerprint density at radius 2 is 2.14 bits per heavy atom. The van der Waals surface area contributed by atoms with Gasteiger partial charge in [-0.2, -0.15) is 0 Å². The fourth-order valence-corrected chi connectivity index (χ4v) is 2.51. The Morgan fingerprint density at radius 3 is 2.81 bits per heavy atom. The Morgan fingerprint density at radius 1 is 1.38 bits per heavy atom. The summed E-state index contributed by atoms with van der Waals surface area (Å²) in [6, 6.07) is 8.24. The number of carbonyl (C=O) groups excluding carboxylic acids is 1. The van der Waals surface area contributed by atoms with Gasteiger partial charge in [0.05, 0.1) is 6.10 Å². The molecule has 0 aromatic heterocycles. The van der Waals surface area contributed by atoms with E-state index in [0.29, 0.717) is 19.1 Å². The van der Waals surface area contributed by atoms with Crippen LogP contribution >= 0.6 is 0 Å². The molecule has 1 aliphatic rings. The number of nitrogens with zero attached hydrogens (tertiary/aromatic N) is 1. The minimum absolute atomic E-state index is 0.106. The molecule has 1 fully saturated rings. The van der Waals surface area contributed by atoms with Crippen LogP contribution in [0.25, 0.3) is 0 Å². The van der Waals surface area contributed by atoms with E-state index in [2.05, 4.69) is 48.5 Å². The largest absolute Gasteiger partial charge is 0.377 e. The zero-order chi connectivity index (χ0) is 15.1. The molecule has 0 unspecified atom stereocenters. The van der Waals surface area contributed by atoms with Gasteiger partial charge in [-0.1, -0.05) is 29.8 Å². The van der Waals surface area contributed by atoms with Gasteiger partial charge in [0.15, 0.2) is 0 Å². The highest BCUT2D eigenvalue weighted by molar-refractivity contribution is 5.76. The summed E-state index contributed by atoms with van der Waals surface area (Å²) in [6.45, 7) is 5.25. The molecule has 4 heteroatoms. The number of nitrogens with one attached hydrogen (secondary N) is 1. The Balaban J connectivity index is 1.61. The van der Waals surface area contributed by atoms with E-state index in [1.807, 2.05) is 0 Å². The van der Waals surface area contributed by atoms with Gasteiger partial charge >= 0.3 is 0 Å². The van der Waals surface area contributed by atoms with Crippen molar-refractivity contribution in [2.45, 2.75) is 38.8 Å². The summed E-state index contributed by atoms with van der Waals surface area (Å²) in [7, 11) is 2.05. The van der Waals surface area contributed by atoms with E-state index in [-0.39, 0.29) is 5.91 Å². The molecule has 1 saturated heterocycles. The zero-order valence-corrected chi connectivity index (χ0v) is 13.1. The van der Waals surface area contributed by atoms with Crippen LogP contribution in [0.1, 0.15) is 30.4 Å². The van der Waals surface area contributed by atoms with Crippen molar-refractivity contribution in [3.05, 3.63) is 35.4 Å². The number of hydrogen-bond donors (Lipinski definition) is 1. The highest BCUT2D eigenvalue weighted by Gasteiger charge is 2.17. The predicted molar refractivity (Wildman–Crippen MR) is 84.1 cm³/mol. The van der Waals surface area contributed by atoms with Gasteiger partial charge in [-0.25, -0.2) is 0 Å². The van der Waals surface area contributed by atoms with Crippen LogP contribution in [0.15, 0.2) is 24.3 Å². The summed E-state index contributed by atoms with van der Waals surface area (Å²) in [5, 5.41) is 2.97. The van der Waals surface area contributed by atoms with Gasteiger partial charge in [0.1, 0.15) is 0 Å². The molecule has 0 saturated carbocycles. The number of likely N-dealkylation sites (N-methyl/N-ethyl adjacent to an activating group) is 1. The molecule has 1 N–H and O–H groups in total. The molecule has 4 nitrogen and oxygen atoms in total. The first-order valence-corrected chi connectivity index (χ1v) is 7.76. The van der Waals surface area contributed by atoms with Crippen molar-refractivity contribution >= 4 is 5.91 Å². The topological polar surface area (TPSA) is 41.6 Å². The van der Waals surface area contributed by atoms with Crippen molar-refractivity contribution in [1.29, 1.82) is 0 Å². The lowest BCUT2D eigenvalue weighted by atomic mass is 10.1.